The third-order valence-corrected chi connectivity index (χ3v) is 5.58. The Hall–Kier alpha value is -4.46. The van der Waals surface area contributed by atoms with Crippen LogP contribution in [0.3, 0.4) is 0 Å². The monoisotopic (exact) mass is 473 g/mol. The molecular formula is C27H27N3O5. The Balaban J connectivity index is 1.54. The van der Waals surface area contributed by atoms with E-state index in [1.165, 1.54) is 14.2 Å². The Morgan fingerprint density at radius 1 is 0.943 bits per heavy atom. The van der Waals surface area contributed by atoms with Gasteiger partial charge in [0.15, 0.2) is 0 Å². The van der Waals surface area contributed by atoms with Crippen LogP contribution < -0.4 is 20.1 Å². The molecule has 0 fully saturated rings. The van der Waals surface area contributed by atoms with Crippen LogP contribution in [0.2, 0.25) is 0 Å². The third kappa shape index (κ3) is 5.92. The fourth-order valence-electron chi connectivity index (χ4n) is 3.77. The summed E-state index contributed by atoms with van der Waals surface area (Å²) in [5.74, 6) is 0.611. The molecule has 8 heteroatoms. The zero-order valence-electron chi connectivity index (χ0n) is 19.5. The maximum atomic E-state index is 13.4. The van der Waals surface area contributed by atoms with Crippen molar-refractivity contribution in [2.75, 3.05) is 19.5 Å². The topological polar surface area (TPSA) is 102 Å². The minimum atomic E-state index is -0.909. The van der Waals surface area contributed by atoms with E-state index < -0.39 is 18.0 Å². The number of nitrogens with one attached hydrogen (secondary N) is 3. The second-order valence-corrected chi connectivity index (χ2v) is 7.88. The number of ether oxygens (including phenoxy) is 3. The molecule has 1 aromatic heterocycles. The number of para-hydroxylation sites is 1. The summed E-state index contributed by atoms with van der Waals surface area (Å²) >= 11 is 0. The average Bonchev–Trinajstić information content (AvgIpc) is 3.30. The number of hydrogen-bond acceptors (Lipinski definition) is 5. The van der Waals surface area contributed by atoms with Gasteiger partial charge in [-0.2, -0.15) is 0 Å². The highest BCUT2D eigenvalue weighted by molar-refractivity contribution is 5.98. The number of hydrogen-bond donors (Lipinski definition) is 3. The zero-order valence-corrected chi connectivity index (χ0v) is 19.5. The molecule has 0 aliphatic heterocycles. The van der Waals surface area contributed by atoms with Crippen LogP contribution in [-0.2, 0) is 22.6 Å². The number of carbonyl (C=O) groups is 2. The lowest BCUT2D eigenvalue weighted by Crippen LogP contribution is -2.45. The molecule has 35 heavy (non-hydrogen) atoms. The molecule has 1 atom stereocenters. The van der Waals surface area contributed by atoms with E-state index in [9.17, 15) is 9.59 Å². The molecule has 0 bridgehead atoms. The fourth-order valence-corrected chi connectivity index (χ4v) is 3.77. The van der Waals surface area contributed by atoms with Gasteiger partial charge in [-0.15, -0.1) is 0 Å². The first-order chi connectivity index (χ1) is 17.1. The maximum absolute atomic E-state index is 13.4. The third-order valence-electron chi connectivity index (χ3n) is 5.58. The lowest BCUT2D eigenvalue weighted by molar-refractivity contribution is -0.118. The predicted octanol–water partition coefficient (Wildman–Crippen LogP) is 4.66. The van der Waals surface area contributed by atoms with Crippen molar-refractivity contribution in [3.8, 4) is 11.5 Å². The number of alkyl carbamates (subject to hydrolysis) is 1. The smallest absolute Gasteiger partial charge is 0.408 e. The van der Waals surface area contributed by atoms with Gasteiger partial charge in [0.1, 0.15) is 24.1 Å². The molecule has 0 radical (unpaired) electrons. The summed E-state index contributed by atoms with van der Waals surface area (Å²) < 4.78 is 16.0. The van der Waals surface area contributed by atoms with Crippen LogP contribution in [0.25, 0.3) is 10.9 Å². The highest BCUT2D eigenvalue weighted by atomic mass is 16.5. The SMILES string of the molecule is COc1ccc(OC)c(NC(=O)[C@H](Cc2c[nH]c3ccccc23)NC(=O)OCc2ccccc2)c1. The molecule has 2 amide bonds. The van der Waals surface area contributed by atoms with Crippen molar-refractivity contribution in [2.45, 2.75) is 19.1 Å². The van der Waals surface area contributed by atoms with Gasteiger partial charge in [0.2, 0.25) is 5.91 Å². The first-order valence-corrected chi connectivity index (χ1v) is 11.1. The number of anilines is 1. The molecular weight excluding hydrogens is 446 g/mol. The summed E-state index contributed by atoms with van der Waals surface area (Å²) in [5.41, 5.74) is 3.12. The maximum Gasteiger partial charge on any atom is 0.408 e. The molecule has 1 heterocycles. The number of aromatic nitrogens is 1. The number of fused-ring (bicyclic) bond motifs is 1. The first kappa shape index (κ1) is 23.7. The van der Waals surface area contributed by atoms with Crippen LogP contribution in [0.5, 0.6) is 11.5 Å². The highest BCUT2D eigenvalue weighted by Gasteiger charge is 2.24. The lowest BCUT2D eigenvalue weighted by atomic mass is 10.0. The van der Waals surface area contributed by atoms with E-state index in [0.29, 0.717) is 17.2 Å². The number of amides is 2. The highest BCUT2D eigenvalue weighted by Crippen LogP contribution is 2.29. The van der Waals surface area contributed by atoms with Crippen molar-refractivity contribution in [3.63, 3.8) is 0 Å². The van der Waals surface area contributed by atoms with Gasteiger partial charge in [0.05, 0.1) is 19.9 Å². The van der Waals surface area contributed by atoms with E-state index in [0.717, 1.165) is 22.0 Å². The largest absolute Gasteiger partial charge is 0.497 e. The minimum Gasteiger partial charge on any atom is -0.497 e. The second kappa shape index (κ2) is 11.1. The molecule has 0 spiro atoms. The quantitative estimate of drug-likeness (QED) is 0.328. The molecule has 4 rings (SSSR count). The molecule has 4 aromatic rings. The fraction of sp³-hybridized carbons (Fsp3) is 0.185. The Bertz CT molecular complexity index is 1300. The van der Waals surface area contributed by atoms with Crippen LogP contribution in [0, 0.1) is 0 Å². The van der Waals surface area contributed by atoms with E-state index in [2.05, 4.69) is 15.6 Å². The lowest BCUT2D eigenvalue weighted by Gasteiger charge is -2.19. The summed E-state index contributed by atoms with van der Waals surface area (Å²) in [5, 5.41) is 6.54. The zero-order chi connectivity index (χ0) is 24.6. The van der Waals surface area contributed by atoms with Crippen LogP contribution in [0.1, 0.15) is 11.1 Å². The normalized spacial score (nSPS) is 11.5. The molecule has 0 saturated carbocycles. The number of benzene rings is 3. The molecule has 3 aromatic carbocycles. The van der Waals surface area contributed by atoms with E-state index in [4.69, 9.17) is 14.2 Å². The minimum absolute atomic E-state index is 0.0950. The van der Waals surface area contributed by atoms with E-state index >= 15 is 0 Å². The van der Waals surface area contributed by atoms with Crippen LogP contribution in [-0.4, -0.2) is 37.2 Å². The van der Waals surface area contributed by atoms with Crippen molar-refractivity contribution in [1.82, 2.24) is 10.3 Å². The van der Waals surface area contributed by atoms with E-state index in [-0.39, 0.29) is 13.0 Å². The Morgan fingerprint density at radius 3 is 2.49 bits per heavy atom. The van der Waals surface area contributed by atoms with E-state index in [1.807, 2.05) is 60.8 Å². The second-order valence-electron chi connectivity index (χ2n) is 7.88. The summed E-state index contributed by atoms with van der Waals surface area (Å²) in [6, 6.07) is 21.3. The van der Waals surface area contributed by atoms with Gasteiger partial charge in [-0.3, -0.25) is 4.79 Å². The van der Waals surface area contributed by atoms with Crippen LogP contribution >= 0.6 is 0 Å². The summed E-state index contributed by atoms with van der Waals surface area (Å²) in [7, 11) is 3.05. The van der Waals surface area contributed by atoms with Crippen molar-refractivity contribution in [3.05, 3.63) is 90.1 Å². The molecule has 0 aliphatic rings. The van der Waals surface area contributed by atoms with Crippen molar-refractivity contribution >= 4 is 28.6 Å². The van der Waals surface area contributed by atoms with Gasteiger partial charge >= 0.3 is 6.09 Å². The summed E-state index contributed by atoms with van der Waals surface area (Å²) in [6.45, 7) is 0.0950. The van der Waals surface area contributed by atoms with Crippen molar-refractivity contribution in [1.29, 1.82) is 0 Å². The summed E-state index contributed by atoms with van der Waals surface area (Å²) in [4.78, 5) is 29.2. The molecule has 0 aliphatic carbocycles. The molecule has 0 unspecified atom stereocenters. The first-order valence-electron chi connectivity index (χ1n) is 11.1. The Labute approximate surface area is 203 Å². The average molecular weight is 474 g/mol. The van der Waals surface area contributed by atoms with Gasteiger partial charge in [-0.1, -0.05) is 48.5 Å². The van der Waals surface area contributed by atoms with Gasteiger partial charge in [-0.25, -0.2) is 4.79 Å². The summed E-state index contributed by atoms with van der Waals surface area (Å²) in [6.07, 6.45) is 1.41. The molecule has 8 nitrogen and oxygen atoms in total. The van der Waals surface area contributed by atoms with Crippen molar-refractivity contribution < 1.29 is 23.8 Å². The number of aromatic amines is 1. The van der Waals surface area contributed by atoms with Crippen LogP contribution in [0.15, 0.2) is 79.0 Å². The molecule has 3 N–H and O–H groups in total. The Kier molecular flexibility index (Phi) is 7.52. The van der Waals surface area contributed by atoms with Gasteiger partial charge < -0.3 is 29.8 Å². The number of H-pyrrole nitrogens is 1. The standard InChI is InChI=1S/C27H27N3O5/c1-33-20-12-13-25(34-2)23(15-20)29-26(31)24(14-19-16-28-22-11-7-6-10-21(19)22)30-27(32)35-17-18-8-4-3-5-9-18/h3-13,15-16,24,28H,14,17H2,1-2H3,(H,29,31)(H,30,32)/t24-/m0/s1. The van der Waals surface area contributed by atoms with Gasteiger partial charge in [-0.05, 0) is 29.3 Å². The predicted molar refractivity (Wildman–Crippen MR) is 134 cm³/mol. The molecule has 180 valence electrons. The number of carbonyl (C=O) groups excluding carboxylic acids is 2. The number of methoxy groups -OCH3 is 2. The van der Waals surface area contributed by atoms with Crippen LogP contribution in [0.4, 0.5) is 10.5 Å². The molecule has 0 saturated heterocycles. The van der Waals surface area contributed by atoms with E-state index in [1.54, 1.807) is 18.2 Å². The Morgan fingerprint density at radius 2 is 1.71 bits per heavy atom. The van der Waals surface area contributed by atoms with Crippen molar-refractivity contribution in [2.24, 2.45) is 0 Å². The van der Waals surface area contributed by atoms with Gasteiger partial charge in [0, 0.05) is 29.6 Å². The van der Waals surface area contributed by atoms with Gasteiger partial charge in [0.25, 0.3) is 0 Å². The number of rotatable bonds is 9.